The minimum atomic E-state index is -0.847. The number of carbonyl (C=O) groups excluding carboxylic acids is 3. The fourth-order valence-electron chi connectivity index (χ4n) is 2.35. The lowest BCUT2D eigenvalue weighted by molar-refractivity contribution is -0.128. The molecule has 0 aliphatic rings. The number of amides is 3. The molecule has 9 heteroatoms. The quantitative estimate of drug-likeness (QED) is 0.571. The van der Waals surface area contributed by atoms with Crippen LogP contribution in [-0.4, -0.2) is 37.2 Å². The van der Waals surface area contributed by atoms with E-state index in [1.165, 1.54) is 12.1 Å². The first-order valence-electron chi connectivity index (χ1n) is 9.46. The molecule has 2 aromatic carbocycles. The van der Waals surface area contributed by atoms with Crippen LogP contribution in [0.15, 0.2) is 48.5 Å². The molecule has 160 valence electrons. The molecule has 0 aliphatic carbocycles. The number of hydrogen-bond acceptors (Lipinski definition) is 6. The summed E-state index contributed by atoms with van der Waals surface area (Å²) in [5.74, 6) is 0.112. The van der Waals surface area contributed by atoms with Crippen LogP contribution in [-0.2, 0) is 9.53 Å². The number of anilines is 1. The first-order valence-corrected chi connectivity index (χ1v) is 9.46. The van der Waals surface area contributed by atoms with Crippen LogP contribution in [0, 0.1) is 0 Å². The molecule has 0 unspecified atom stereocenters. The van der Waals surface area contributed by atoms with Gasteiger partial charge in [-0.3, -0.25) is 25.8 Å². The average molecular weight is 415 g/mol. The number of hydrogen-bond donors (Lipinski definition) is 3. The Morgan fingerprint density at radius 2 is 1.63 bits per heavy atom. The van der Waals surface area contributed by atoms with Crippen molar-refractivity contribution in [3.63, 3.8) is 0 Å². The third-order valence-electron chi connectivity index (χ3n) is 3.76. The molecule has 2 aromatic rings. The van der Waals surface area contributed by atoms with Gasteiger partial charge in [0.25, 0.3) is 11.8 Å². The smallest absolute Gasteiger partial charge is 0.411 e. The van der Waals surface area contributed by atoms with E-state index in [2.05, 4.69) is 16.2 Å². The van der Waals surface area contributed by atoms with Crippen LogP contribution in [0.25, 0.3) is 0 Å². The molecule has 1 atom stereocenters. The average Bonchev–Trinajstić information content (AvgIpc) is 2.73. The second kappa shape index (κ2) is 11.3. The summed E-state index contributed by atoms with van der Waals surface area (Å²) in [5.41, 5.74) is 5.26. The second-order valence-electron chi connectivity index (χ2n) is 6.03. The molecule has 0 spiro atoms. The number of carbonyl (C=O) groups is 3. The minimum Gasteiger partial charge on any atom is -0.494 e. The second-order valence-corrected chi connectivity index (χ2v) is 6.03. The summed E-state index contributed by atoms with van der Waals surface area (Å²) in [7, 11) is 0. The maximum absolute atomic E-state index is 12.3. The summed E-state index contributed by atoms with van der Waals surface area (Å²) in [6.07, 6.45) is -1.47. The van der Waals surface area contributed by atoms with E-state index in [-0.39, 0.29) is 12.2 Å². The number of ether oxygens (including phenoxy) is 3. The van der Waals surface area contributed by atoms with Crippen molar-refractivity contribution in [1.29, 1.82) is 0 Å². The predicted octanol–water partition coefficient (Wildman–Crippen LogP) is 2.88. The number of hydrazine groups is 1. The van der Waals surface area contributed by atoms with Crippen molar-refractivity contribution >= 4 is 23.6 Å². The van der Waals surface area contributed by atoms with Crippen molar-refractivity contribution in [2.45, 2.75) is 26.9 Å². The van der Waals surface area contributed by atoms with Gasteiger partial charge >= 0.3 is 6.09 Å². The molecule has 2 rings (SSSR count). The Morgan fingerprint density at radius 3 is 2.30 bits per heavy atom. The normalized spacial score (nSPS) is 11.0. The van der Waals surface area contributed by atoms with Crippen molar-refractivity contribution in [3.05, 3.63) is 54.1 Å². The molecule has 9 nitrogen and oxygen atoms in total. The van der Waals surface area contributed by atoms with Gasteiger partial charge in [-0.25, -0.2) is 4.79 Å². The van der Waals surface area contributed by atoms with Crippen LogP contribution >= 0.6 is 0 Å². The summed E-state index contributed by atoms with van der Waals surface area (Å²) < 4.78 is 15.7. The van der Waals surface area contributed by atoms with Gasteiger partial charge in [0, 0.05) is 11.3 Å². The summed E-state index contributed by atoms with van der Waals surface area (Å²) >= 11 is 0. The maximum atomic E-state index is 12.3. The van der Waals surface area contributed by atoms with Crippen LogP contribution in [0.5, 0.6) is 11.5 Å². The van der Waals surface area contributed by atoms with Gasteiger partial charge in [0.05, 0.1) is 13.2 Å². The Kier molecular flexibility index (Phi) is 8.49. The van der Waals surface area contributed by atoms with Crippen molar-refractivity contribution < 1.29 is 28.6 Å². The first-order chi connectivity index (χ1) is 14.4. The summed E-state index contributed by atoms with van der Waals surface area (Å²) in [6, 6.07) is 13.1. The fourth-order valence-corrected chi connectivity index (χ4v) is 2.35. The molecule has 0 bridgehead atoms. The van der Waals surface area contributed by atoms with Gasteiger partial charge in [-0.2, -0.15) is 0 Å². The van der Waals surface area contributed by atoms with Gasteiger partial charge in [-0.1, -0.05) is 6.07 Å². The standard InChI is InChI=1S/C21H25N3O6/c1-4-28-17-9-11-18(12-10-17)30-14(3)19(25)23-24-20(26)15-7-6-8-16(13-15)22-21(27)29-5-2/h6-14H,4-5H2,1-3H3,(H,22,27)(H,23,25)(H,24,26)/t14-/m0/s1. The Morgan fingerprint density at radius 1 is 0.933 bits per heavy atom. The zero-order chi connectivity index (χ0) is 21.9. The van der Waals surface area contributed by atoms with Crippen LogP contribution in [0.3, 0.4) is 0 Å². The zero-order valence-corrected chi connectivity index (χ0v) is 17.1. The summed E-state index contributed by atoms with van der Waals surface area (Å²) in [4.78, 5) is 35.9. The summed E-state index contributed by atoms with van der Waals surface area (Å²) in [5, 5.41) is 2.50. The van der Waals surface area contributed by atoms with E-state index >= 15 is 0 Å². The third kappa shape index (κ3) is 7.01. The lowest BCUT2D eigenvalue weighted by atomic mass is 10.2. The Balaban J connectivity index is 1.86. The molecule has 0 radical (unpaired) electrons. The monoisotopic (exact) mass is 415 g/mol. The van der Waals surface area contributed by atoms with Gasteiger partial charge in [0.1, 0.15) is 11.5 Å². The zero-order valence-electron chi connectivity index (χ0n) is 17.1. The minimum absolute atomic E-state index is 0.231. The van der Waals surface area contributed by atoms with E-state index in [1.54, 1.807) is 50.2 Å². The van der Waals surface area contributed by atoms with Gasteiger partial charge in [-0.05, 0) is 63.2 Å². The molecule has 0 aromatic heterocycles. The third-order valence-corrected chi connectivity index (χ3v) is 3.76. The molecule has 0 aliphatic heterocycles. The van der Waals surface area contributed by atoms with Gasteiger partial charge in [0.2, 0.25) is 0 Å². The molecule has 0 saturated heterocycles. The SMILES string of the molecule is CCOC(=O)Nc1cccc(C(=O)NNC(=O)[C@H](C)Oc2ccc(OCC)cc2)c1. The van der Waals surface area contributed by atoms with Gasteiger partial charge in [0.15, 0.2) is 6.10 Å². The maximum Gasteiger partial charge on any atom is 0.411 e. The molecular weight excluding hydrogens is 390 g/mol. The molecular formula is C21H25N3O6. The number of nitrogens with one attached hydrogen (secondary N) is 3. The number of benzene rings is 2. The molecule has 30 heavy (non-hydrogen) atoms. The lowest BCUT2D eigenvalue weighted by Gasteiger charge is -2.15. The van der Waals surface area contributed by atoms with Crippen molar-refractivity contribution in [2.75, 3.05) is 18.5 Å². The van der Waals surface area contributed by atoms with E-state index in [0.29, 0.717) is 23.8 Å². The van der Waals surface area contributed by atoms with E-state index in [9.17, 15) is 14.4 Å². The summed E-state index contributed by atoms with van der Waals surface area (Å²) in [6.45, 7) is 5.92. The first kappa shape index (κ1) is 22.5. The van der Waals surface area contributed by atoms with Gasteiger partial charge in [-0.15, -0.1) is 0 Å². The molecule has 0 saturated carbocycles. The van der Waals surface area contributed by atoms with Gasteiger partial charge < -0.3 is 14.2 Å². The Labute approximate surface area is 174 Å². The van der Waals surface area contributed by atoms with Crippen molar-refractivity contribution in [2.24, 2.45) is 0 Å². The van der Waals surface area contributed by atoms with Crippen LogP contribution in [0.1, 0.15) is 31.1 Å². The van der Waals surface area contributed by atoms with E-state index in [4.69, 9.17) is 14.2 Å². The van der Waals surface area contributed by atoms with Crippen molar-refractivity contribution in [3.8, 4) is 11.5 Å². The topological polar surface area (TPSA) is 115 Å². The molecule has 0 fully saturated rings. The fraction of sp³-hybridized carbons (Fsp3) is 0.286. The Bertz CT molecular complexity index is 869. The van der Waals surface area contributed by atoms with Crippen LogP contribution in [0.2, 0.25) is 0 Å². The van der Waals surface area contributed by atoms with Crippen LogP contribution < -0.4 is 25.6 Å². The van der Waals surface area contributed by atoms with Crippen LogP contribution in [0.4, 0.5) is 10.5 Å². The highest BCUT2D eigenvalue weighted by molar-refractivity contribution is 5.97. The molecule has 3 N–H and O–H groups in total. The highest BCUT2D eigenvalue weighted by atomic mass is 16.5. The largest absolute Gasteiger partial charge is 0.494 e. The van der Waals surface area contributed by atoms with E-state index in [1.807, 2.05) is 6.92 Å². The predicted molar refractivity (Wildman–Crippen MR) is 110 cm³/mol. The molecule has 0 heterocycles. The highest BCUT2D eigenvalue weighted by Crippen LogP contribution is 2.18. The Hall–Kier alpha value is -3.75. The van der Waals surface area contributed by atoms with E-state index < -0.39 is 24.0 Å². The molecule has 3 amide bonds. The number of rotatable bonds is 8. The van der Waals surface area contributed by atoms with Crippen molar-refractivity contribution in [1.82, 2.24) is 10.9 Å². The van der Waals surface area contributed by atoms with E-state index in [0.717, 1.165) is 0 Å². The highest BCUT2D eigenvalue weighted by Gasteiger charge is 2.16. The lowest BCUT2D eigenvalue weighted by Crippen LogP contribution is -2.47.